The molecule has 3 aromatic carbocycles. The molecule has 0 aromatic heterocycles. The first-order valence-electron chi connectivity index (χ1n) is 9.53. The molecule has 0 saturated carbocycles. The van der Waals surface area contributed by atoms with Gasteiger partial charge in [-0.2, -0.15) is 0 Å². The van der Waals surface area contributed by atoms with Crippen LogP contribution in [0.5, 0.6) is 5.75 Å². The summed E-state index contributed by atoms with van der Waals surface area (Å²) in [4.78, 5) is 13.6. The van der Waals surface area contributed by atoms with Crippen molar-refractivity contribution in [1.82, 2.24) is 0 Å². The van der Waals surface area contributed by atoms with Crippen molar-refractivity contribution in [3.05, 3.63) is 108 Å². The zero-order chi connectivity index (χ0) is 19.1. The molecular weight excluding hydrogens is 348 g/mol. The first kappa shape index (κ1) is 17.0. The van der Waals surface area contributed by atoms with E-state index < -0.39 is 11.7 Å². The number of ether oxygens (including phenoxy) is 1. The highest BCUT2D eigenvalue weighted by atomic mass is 16.5. The zero-order valence-corrected chi connectivity index (χ0v) is 15.3. The molecule has 1 N–H and O–H groups in total. The van der Waals surface area contributed by atoms with Gasteiger partial charge in [0, 0.05) is 5.92 Å². The molecule has 0 saturated heterocycles. The van der Waals surface area contributed by atoms with Gasteiger partial charge < -0.3 is 9.84 Å². The maximum absolute atomic E-state index is 13.6. The predicted molar refractivity (Wildman–Crippen MR) is 108 cm³/mol. The highest BCUT2D eigenvalue weighted by molar-refractivity contribution is 6.10. The van der Waals surface area contributed by atoms with Crippen molar-refractivity contribution in [2.24, 2.45) is 0 Å². The lowest BCUT2D eigenvalue weighted by Gasteiger charge is -2.43. The fourth-order valence-corrected chi connectivity index (χ4v) is 4.52. The lowest BCUT2D eigenvalue weighted by Crippen LogP contribution is -2.57. The second-order valence-electron chi connectivity index (χ2n) is 7.35. The summed E-state index contributed by atoms with van der Waals surface area (Å²) in [5.41, 5.74) is 1.83. The molecule has 3 heteroatoms. The molecule has 28 heavy (non-hydrogen) atoms. The second kappa shape index (κ2) is 6.47. The van der Waals surface area contributed by atoms with E-state index in [1.807, 2.05) is 78.9 Å². The van der Waals surface area contributed by atoms with Crippen LogP contribution in [0.1, 0.15) is 33.8 Å². The van der Waals surface area contributed by atoms with Crippen LogP contribution in [0.3, 0.4) is 0 Å². The van der Waals surface area contributed by atoms with E-state index in [9.17, 15) is 9.90 Å². The minimum Gasteiger partial charge on any atom is -0.475 e. The highest BCUT2D eigenvalue weighted by Crippen LogP contribution is 2.51. The average molecular weight is 368 g/mol. The molecule has 0 unspecified atom stereocenters. The van der Waals surface area contributed by atoms with Gasteiger partial charge in [-0.05, 0) is 35.3 Å². The molecule has 138 valence electrons. The first-order chi connectivity index (χ1) is 13.7. The summed E-state index contributed by atoms with van der Waals surface area (Å²) in [6.45, 7) is 0. The molecule has 0 amide bonds. The second-order valence-corrected chi connectivity index (χ2v) is 7.35. The molecule has 1 aliphatic heterocycles. The van der Waals surface area contributed by atoms with Crippen LogP contribution in [0.2, 0.25) is 0 Å². The quantitative estimate of drug-likeness (QED) is 0.717. The van der Waals surface area contributed by atoms with E-state index in [1.165, 1.54) is 0 Å². The van der Waals surface area contributed by atoms with Gasteiger partial charge in [0.05, 0.1) is 5.56 Å². The largest absolute Gasteiger partial charge is 0.475 e. The van der Waals surface area contributed by atoms with Crippen LogP contribution in [-0.2, 0) is 0 Å². The Morgan fingerprint density at radius 2 is 1.50 bits per heavy atom. The third-order valence-corrected chi connectivity index (χ3v) is 5.87. The third kappa shape index (κ3) is 2.36. The number of allylic oxidation sites excluding steroid dienone is 1. The Labute approximate surface area is 163 Å². The van der Waals surface area contributed by atoms with Crippen LogP contribution >= 0.6 is 0 Å². The van der Waals surface area contributed by atoms with Gasteiger partial charge in [-0.3, -0.25) is 4.79 Å². The summed E-state index contributed by atoms with van der Waals surface area (Å²) >= 11 is 0. The molecule has 0 radical (unpaired) electrons. The molecule has 1 spiro atoms. The number of hydrogen-bond acceptors (Lipinski definition) is 3. The van der Waals surface area contributed by atoms with Gasteiger partial charge in [0.15, 0.2) is 0 Å². The number of carbonyl (C=O) groups excluding carboxylic acids is 1. The van der Waals surface area contributed by atoms with E-state index in [1.54, 1.807) is 12.1 Å². The Hall–Kier alpha value is -3.17. The van der Waals surface area contributed by atoms with E-state index in [4.69, 9.17) is 4.74 Å². The van der Waals surface area contributed by atoms with Crippen molar-refractivity contribution in [3.8, 4) is 5.75 Å². The van der Waals surface area contributed by atoms with Gasteiger partial charge in [-0.15, -0.1) is 0 Å². The van der Waals surface area contributed by atoms with Gasteiger partial charge in [0.2, 0.25) is 11.4 Å². The van der Waals surface area contributed by atoms with Crippen LogP contribution in [0, 0.1) is 0 Å². The Morgan fingerprint density at radius 3 is 2.21 bits per heavy atom. The predicted octanol–water partition coefficient (Wildman–Crippen LogP) is 4.63. The van der Waals surface area contributed by atoms with Gasteiger partial charge in [-0.25, -0.2) is 0 Å². The number of aliphatic hydroxyl groups is 1. The fourth-order valence-electron chi connectivity index (χ4n) is 4.52. The number of benzene rings is 3. The molecule has 1 aliphatic carbocycles. The van der Waals surface area contributed by atoms with Gasteiger partial charge >= 0.3 is 0 Å². The minimum atomic E-state index is -1.36. The van der Waals surface area contributed by atoms with Crippen LogP contribution in [-0.4, -0.2) is 22.6 Å². The molecule has 3 aromatic rings. The number of aliphatic hydroxyl groups excluding tert-OH is 1. The molecule has 1 heterocycles. The van der Waals surface area contributed by atoms with E-state index >= 15 is 0 Å². The highest BCUT2D eigenvalue weighted by Gasteiger charge is 2.60. The van der Waals surface area contributed by atoms with Crippen molar-refractivity contribution in [2.75, 3.05) is 0 Å². The topological polar surface area (TPSA) is 46.5 Å². The smallest absolute Gasteiger partial charge is 0.213 e. The SMILES string of the molecule is O=C1c2ccccc2O[C@]12[C@H](O)C(c1ccccc1)=CC[C@H]2c1ccccc1. The van der Waals surface area contributed by atoms with Crippen LogP contribution in [0.25, 0.3) is 5.57 Å². The fraction of sp³-hybridized carbons (Fsp3) is 0.160. The van der Waals surface area contributed by atoms with Crippen molar-refractivity contribution in [1.29, 1.82) is 0 Å². The maximum Gasteiger partial charge on any atom is 0.213 e. The van der Waals surface area contributed by atoms with E-state index in [0.717, 1.165) is 16.7 Å². The Balaban J connectivity index is 1.69. The van der Waals surface area contributed by atoms with Crippen LogP contribution in [0.15, 0.2) is 91.0 Å². The normalized spacial score (nSPS) is 25.9. The monoisotopic (exact) mass is 368 g/mol. The lowest BCUT2D eigenvalue weighted by atomic mass is 9.67. The van der Waals surface area contributed by atoms with E-state index in [-0.39, 0.29) is 11.7 Å². The number of ketones is 1. The summed E-state index contributed by atoms with van der Waals surface area (Å²) < 4.78 is 6.34. The van der Waals surface area contributed by atoms with Gasteiger partial charge in [0.1, 0.15) is 11.9 Å². The summed E-state index contributed by atoms with van der Waals surface area (Å²) in [6.07, 6.45) is 1.60. The Kier molecular flexibility index (Phi) is 3.92. The maximum atomic E-state index is 13.6. The molecule has 3 nitrogen and oxygen atoms in total. The summed E-state index contributed by atoms with van der Waals surface area (Å²) in [5, 5.41) is 11.5. The van der Waals surface area contributed by atoms with Gasteiger partial charge in [-0.1, -0.05) is 78.9 Å². The van der Waals surface area contributed by atoms with Crippen LogP contribution in [0.4, 0.5) is 0 Å². The molecule has 5 rings (SSSR count). The summed E-state index contributed by atoms with van der Waals surface area (Å²) in [7, 11) is 0. The standard InChI is InChI=1S/C25H20O3/c26-23-19(17-9-3-1-4-10-17)15-16-21(18-11-5-2-6-12-18)25(23)24(27)20-13-7-8-14-22(20)28-25/h1-15,21,23,26H,16H2/t21-,23+,25+/m0/s1. The number of rotatable bonds is 2. The van der Waals surface area contributed by atoms with E-state index in [0.29, 0.717) is 17.7 Å². The number of Topliss-reactive ketones (excluding diaryl/α,β-unsaturated/α-hetero) is 1. The van der Waals surface area contributed by atoms with Gasteiger partial charge in [0.25, 0.3) is 0 Å². The third-order valence-electron chi connectivity index (χ3n) is 5.87. The number of carbonyl (C=O) groups is 1. The Morgan fingerprint density at radius 1 is 0.857 bits per heavy atom. The zero-order valence-electron chi connectivity index (χ0n) is 15.3. The van der Waals surface area contributed by atoms with E-state index in [2.05, 4.69) is 0 Å². The Bertz CT molecular complexity index is 1060. The van der Waals surface area contributed by atoms with Crippen molar-refractivity contribution in [2.45, 2.75) is 24.0 Å². The van der Waals surface area contributed by atoms with Crippen LogP contribution < -0.4 is 4.74 Å². The lowest BCUT2D eigenvalue weighted by molar-refractivity contribution is -0.0189. The number of hydrogen-bond donors (Lipinski definition) is 1. The first-order valence-corrected chi connectivity index (χ1v) is 9.53. The molecular formula is C25H20O3. The molecule has 0 bridgehead atoms. The average Bonchev–Trinajstić information content (AvgIpc) is 3.05. The minimum absolute atomic E-state index is 0.147. The van der Waals surface area contributed by atoms with Crippen molar-refractivity contribution < 1.29 is 14.6 Å². The van der Waals surface area contributed by atoms with Crippen molar-refractivity contribution in [3.63, 3.8) is 0 Å². The molecule has 2 aliphatic rings. The van der Waals surface area contributed by atoms with Crippen molar-refractivity contribution >= 4 is 11.4 Å². The number of fused-ring (bicyclic) bond motifs is 1. The number of para-hydroxylation sites is 1. The summed E-state index contributed by atoms with van der Waals surface area (Å²) in [6, 6.07) is 26.9. The molecule has 0 fully saturated rings. The summed E-state index contributed by atoms with van der Waals surface area (Å²) in [5.74, 6) is 0.129. The molecule has 3 atom stereocenters.